The molecule has 4 N–H and O–H groups in total. The maximum atomic E-state index is 12.4. The van der Waals surface area contributed by atoms with Gasteiger partial charge >= 0.3 is 0 Å². The molecule has 1 saturated carbocycles. The van der Waals surface area contributed by atoms with Crippen LogP contribution in [-0.2, 0) is 4.79 Å². The van der Waals surface area contributed by atoms with Crippen molar-refractivity contribution in [1.82, 2.24) is 10.2 Å². The van der Waals surface area contributed by atoms with Crippen LogP contribution >= 0.6 is 0 Å². The average molecular weight is 250 g/mol. The van der Waals surface area contributed by atoms with Crippen LogP contribution in [0.5, 0.6) is 0 Å². The zero-order valence-corrected chi connectivity index (χ0v) is 11.1. The van der Waals surface area contributed by atoms with Crippen molar-refractivity contribution in [3.63, 3.8) is 0 Å². The predicted octanol–water partition coefficient (Wildman–Crippen LogP) is 1.81. The van der Waals surface area contributed by atoms with Crippen LogP contribution in [0.3, 0.4) is 0 Å². The molecule has 0 unspecified atom stereocenters. The number of nitrogens with two attached hydrogens (primary N) is 1. The number of rotatable bonds is 3. The molecule has 1 aromatic rings. The van der Waals surface area contributed by atoms with Gasteiger partial charge in [-0.15, -0.1) is 0 Å². The Kier molecular flexibility index (Phi) is 3.71. The molecule has 2 rings (SSSR count). The van der Waals surface area contributed by atoms with E-state index in [1.807, 2.05) is 13.0 Å². The van der Waals surface area contributed by atoms with Crippen LogP contribution in [0.2, 0.25) is 0 Å². The smallest absolute Gasteiger partial charge is 0.233 e. The SMILES string of the molecule is Cc1cc(NC(=O)C2(CN)CCC(C)CC2)n[nH]1. The van der Waals surface area contributed by atoms with Crippen LogP contribution < -0.4 is 11.1 Å². The highest BCUT2D eigenvalue weighted by Gasteiger charge is 2.40. The molecule has 0 spiro atoms. The molecule has 0 saturated heterocycles. The van der Waals surface area contributed by atoms with Crippen molar-refractivity contribution in [2.75, 3.05) is 11.9 Å². The molecule has 0 aliphatic heterocycles. The second-order valence-corrected chi connectivity index (χ2v) is 5.56. The van der Waals surface area contributed by atoms with Gasteiger partial charge in [0.25, 0.3) is 0 Å². The van der Waals surface area contributed by atoms with Gasteiger partial charge in [-0.3, -0.25) is 9.89 Å². The molecule has 0 atom stereocenters. The minimum atomic E-state index is -0.403. The highest BCUT2D eigenvalue weighted by atomic mass is 16.2. The van der Waals surface area contributed by atoms with E-state index < -0.39 is 5.41 Å². The summed E-state index contributed by atoms with van der Waals surface area (Å²) in [5.74, 6) is 1.30. The van der Waals surface area contributed by atoms with Gasteiger partial charge in [0.1, 0.15) is 0 Å². The number of nitrogens with zero attached hydrogens (tertiary/aromatic N) is 1. The zero-order chi connectivity index (χ0) is 13.2. The van der Waals surface area contributed by atoms with Crippen molar-refractivity contribution in [2.45, 2.75) is 39.5 Å². The molecule has 100 valence electrons. The Balaban J connectivity index is 2.06. The van der Waals surface area contributed by atoms with E-state index in [0.717, 1.165) is 31.4 Å². The number of carbonyl (C=O) groups excluding carboxylic acids is 1. The summed E-state index contributed by atoms with van der Waals surface area (Å²) in [6, 6.07) is 1.83. The summed E-state index contributed by atoms with van der Waals surface area (Å²) in [6.07, 6.45) is 3.90. The lowest BCUT2D eigenvalue weighted by molar-refractivity contribution is -0.127. The largest absolute Gasteiger partial charge is 0.329 e. The molecule has 1 fully saturated rings. The van der Waals surface area contributed by atoms with Crippen LogP contribution in [0.4, 0.5) is 5.82 Å². The van der Waals surface area contributed by atoms with Gasteiger partial charge in [-0.25, -0.2) is 0 Å². The van der Waals surface area contributed by atoms with E-state index in [4.69, 9.17) is 5.73 Å². The lowest BCUT2D eigenvalue weighted by Crippen LogP contribution is -2.44. The summed E-state index contributed by atoms with van der Waals surface area (Å²) in [7, 11) is 0. The number of anilines is 1. The van der Waals surface area contributed by atoms with E-state index in [0.29, 0.717) is 18.3 Å². The fourth-order valence-electron chi connectivity index (χ4n) is 2.57. The Morgan fingerprint density at radius 3 is 2.78 bits per heavy atom. The van der Waals surface area contributed by atoms with Crippen LogP contribution in [0.15, 0.2) is 6.07 Å². The van der Waals surface area contributed by atoms with Crippen LogP contribution in [0.25, 0.3) is 0 Å². The second-order valence-electron chi connectivity index (χ2n) is 5.56. The third-order valence-electron chi connectivity index (χ3n) is 4.05. The first-order valence-electron chi connectivity index (χ1n) is 6.59. The van der Waals surface area contributed by atoms with Gasteiger partial charge in [-0.1, -0.05) is 6.92 Å². The first kappa shape index (κ1) is 13.1. The van der Waals surface area contributed by atoms with Crippen molar-refractivity contribution in [3.8, 4) is 0 Å². The monoisotopic (exact) mass is 250 g/mol. The fraction of sp³-hybridized carbons (Fsp3) is 0.692. The van der Waals surface area contributed by atoms with Crippen molar-refractivity contribution in [2.24, 2.45) is 17.1 Å². The molecular formula is C13H22N4O. The molecule has 0 aromatic carbocycles. The number of amides is 1. The first-order chi connectivity index (χ1) is 8.55. The maximum Gasteiger partial charge on any atom is 0.233 e. The molecule has 0 radical (unpaired) electrons. The number of aromatic amines is 1. The minimum absolute atomic E-state index is 0.0170. The summed E-state index contributed by atoms with van der Waals surface area (Å²) < 4.78 is 0. The summed E-state index contributed by atoms with van der Waals surface area (Å²) in [5.41, 5.74) is 6.39. The van der Waals surface area contributed by atoms with Gasteiger partial charge in [-0.05, 0) is 38.5 Å². The second kappa shape index (κ2) is 5.10. The molecule has 5 nitrogen and oxygen atoms in total. The Bertz CT molecular complexity index is 418. The summed E-state index contributed by atoms with van der Waals surface area (Å²) in [6.45, 7) is 4.55. The number of hydrogen-bond acceptors (Lipinski definition) is 3. The van der Waals surface area contributed by atoms with Gasteiger partial charge < -0.3 is 11.1 Å². The van der Waals surface area contributed by atoms with E-state index in [9.17, 15) is 4.79 Å². The van der Waals surface area contributed by atoms with Gasteiger partial charge in [0.15, 0.2) is 5.82 Å². The maximum absolute atomic E-state index is 12.4. The third-order valence-corrected chi connectivity index (χ3v) is 4.05. The van der Waals surface area contributed by atoms with Crippen molar-refractivity contribution >= 4 is 11.7 Å². The molecule has 1 aromatic heterocycles. The van der Waals surface area contributed by atoms with Crippen molar-refractivity contribution < 1.29 is 4.79 Å². The highest BCUT2D eigenvalue weighted by molar-refractivity contribution is 5.94. The fourth-order valence-corrected chi connectivity index (χ4v) is 2.57. The lowest BCUT2D eigenvalue weighted by atomic mass is 9.70. The molecule has 1 heterocycles. The quantitative estimate of drug-likeness (QED) is 0.765. The van der Waals surface area contributed by atoms with Crippen LogP contribution in [0.1, 0.15) is 38.3 Å². The molecule has 0 bridgehead atoms. The molecule has 5 heteroatoms. The topological polar surface area (TPSA) is 83.8 Å². The summed E-state index contributed by atoms with van der Waals surface area (Å²) >= 11 is 0. The number of carbonyl (C=O) groups is 1. The van der Waals surface area contributed by atoms with E-state index in [1.54, 1.807) is 0 Å². The lowest BCUT2D eigenvalue weighted by Gasteiger charge is -2.36. The van der Waals surface area contributed by atoms with E-state index >= 15 is 0 Å². The zero-order valence-electron chi connectivity index (χ0n) is 11.1. The Labute approximate surface area is 108 Å². The minimum Gasteiger partial charge on any atom is -0.329 e. The first-order valence-corrected chi connectivity index (χ1v) is 6.59. The highest BCUT2D eigenvalue weighted by Crippen LogP contribution is 2.38. The van der Waals surface area contributed by atoms with Gasteiger partial charge in [-0.2, -0.15) is 5.10 Å². The van der Waals surface area contributed by atoms with E-state index in [1.165, 1.54) is 0 Å². The molecule has 1 aliphatic rings. The van der Waals surface area contributed by atoms with Crippen LogP contribution in [-0.4, -0.2) is 22.6 Å². The Morgan fingerprint density at radius 2 is 2.28 bits per heavy atom. The molecule has 18 heavy (non-hydrogen) atoms. The Hall–Kier alpha value is -1.36. The molecule has 1 aliphatic carbocycles. The van der Waals surface area contributed by atoms with E-state index in [-0.39, 0.29) is 5.91 Å². The van der Waals surface area contributed by atoms with Gasteiger partial charge in [0, 0.05) is 18.3 Å². The van der Waals surface area contributed by atoms with E-state index in [2.05, 4.69) is 22.4 Å². The number of aryl methyl sites for hydroxylation is 1. The Morgan fingerprint density at radius 1 is 1.61 bits per heavy atom. The number of hydrogen-bond donors (Lipinski definition) is 3. The predicted molar refractivity (Wildman–Crippen MR) is 71.1 cm³/mol. The standard InChI is InChI=1S/C13H22N4O/c1-9-3-5-13(8-14,6-4-9)12(18)15-11-7-10(2)16-17-11/h7,9H,3-6,8,14H2,1-2H3,(H2,15,16,17,18). The van der Waals surface area contributed by atoms with Gasteiger partial charge in [0.2, 0.25) is 5.91 Å². The van der Waals surface area contributed by atoms with Crippen molar-refractivity contribution in [3.05, 3.63) is 11.8 Å². The van der Waals surface area contributed by atoms with Crippen molar-refractivity contribution in [1.29, 1.82) is 0 Å². The summed E-state index contributed by atoms with van der Waals surface area (Å²) in [5, 5.41) is 9.73. The third kappa shape index (κ3) is 2.56. The number of nitrogens with one attached hydrogen (secondary N) is 2. The molecular weight excluding hydrogens is 228 g/mol. The van der Waals surface area contributed by atoms with Gasteiger partial charge in [0.05, 0.1) is 5.41 Å². The summed E-state index contributed by atoms with van der Waals surface area (Å²) in [4.78, 5) is 12.4. The normalized spacial score (nSPS) is 28.1. The average Bonchev–Trinajstić information content (AvgIpc) is 2.76. The molecule has 1 amide bonds. The number of H-pyrrole nitrogens is 1. The number of aromatic nitrogens is 2. The van der Waals surface area contributed by atoms with Crippen LogP contribution in [0, 0.1) is 18.3 Å².